The van der Waals surface area contributed by atoms with Gasteiger partial charge in [-0.05, 0) is 43.3 Å². The lowest BCUT2D eigenvalue weighted by Crippen LogP contribution is -2.35. The third-order valence-corrected chi connectivity index (χ3v) is 6.36. The number of nitro groups is 1. The van der Waals surface area contributed by atoms with E-state index in [1.807, 2.05) is 0 Å². The topological polar surface area (TPSA) is 111 Å². The van der Waals surface area contributed by atoms with Gasteiger partial charge in [-0.1, -0.05) is 24.3 Å². The Hall–Kier alpha value is -3.92. The molecule has 3 aromatic carbocycles. The molecule has 166 valence electrons. The van der Waals surface area contributed by atoms with Gasteiger partial charge in [-0.2, -0.15) is 0 Å². The fourth-order valence-corrected chi connectivity index (χ4v) is 4.55. The molecule has 0 radical (unpaired) electrons. The molecule has 0 N–H and O–H groups in total. The van der Waals surface area contributed by atoms with Crippen molar-refractivity contribution >= 4 is 32.9 Å². The van der Waals surface area contributed by atoms with Crippen LogP contribution in [0.4, 0.5) is 17.1 Å². The SMILES string of the molecule is COc1ccccc1N=C(C)N(c1ccccc1OC)S(=O)(=O)c1ccc([N+](=O)[O-])cc1. The zero-order chi connectivity index (χ0) is 23.3. The number of hydrogen-bond acceptors (Lipinski definition) is 7. The molecule has 3 rings (SSSR count). The molecular formula is C22H21N3O6S. The lowest BCUT2D eigenvalue weighted by molar-refractivity contribution is -0.384. The van der Waals surface area contributed by atoms with Gasteiger partial charge in [0.1, 0.15) is 28.7 Å². The number of aliphatic imine (C=N–C) groups is 1. The molecule has 0 fully saturated rings. The van der Waals surface area contributed by atoms with Gasteiger partial charge >= 0.3 is 0 Å². The third-order valence-electron chi connectivity index (χ3n) is 4.55. The predicted octanol–water partition coefficient (Wildman–Crippen LogP) is 4.56. The number of nitro benzene ring substituents is 1. The van der Waals surface area contributed by atoms with E-state index in [2.05, 4.69) is 4.99 Å². The molecule has 10 heteroatoms. The third kappa shape index (κ3) is 4.54. The molecule has 0 aromatic heterocycles. The first-order valence-electron chi connectivity index (χ1n) is 9.40. The molecule has 0 heterocycles. The second-order valence-electron chi connectivity index (χ2n) is 6.52. The molecule has 0 aliphatic rings. The smallest absolute Gasteiger partial charge is 0.269 e. The number of amidine groups is 1. The van der Waals surface area contributed by atoms with Crippen LogP contribution in [0.3, 0.4) is 0 Å². The van der Waals surface area contributed by atoms with Gasteiger partial charge in [0.2, 0.25) is 0 Å². The quantitative estimate of drug-likeness (QED) is 0.223. The number of nitrogens with zero attached hydrogens (tertiary/aromatic N) is 3. The van der Waals surface area contributed by atoms with Crippen LogP contribution in [0.2, 0.25) is 0 Å². The number of anilines is 1. The second-order valence-corrected chi connectivity index (χ2v) is 8.31. The van der Waals surface area contributed by atoms with Crippen molar-refractivity contribution in [1.82, 2.24) is 0 Å². The van der Waals surface area contributed by atoms with E-state index in [1.165, 1.54) is 26.4 Å². The summed E-state index contributed by atoms with van der Waals surface area (Å²) in [7, 11) is -1.28. The molecule has 0 aliphatic heterocycles. The monoisotopic (exact) mass is 455 g/mol. The van der Waals surface area contributed by atoms with Crippen molar-refractivity contribution in [2.24, 2.45) is 4.99 Å². The molecule has 32 heavy (non-hydrogen) atoms. The van der Waals surface area contributed by atoms with Gasteiger partial charge in [0.05, 0.1) is 24.0 Å². The number of methoxy groups -OCH3 is 2. The van der Waals surface area contributed by atoms with E-state index < -0.39 is 14.9 Å². The van der Waals surface area contributed by atoms with E-state index in [0.717, 1.165) is 16.4 Å². The van der Waals surface area contributed by atoms with Crippen molar-refractivity contribution in [2.45, 2.75) is 11.8 Å². The van der Waals surface area contributed by atoms with E-state index in [0.29, 0.717) is 17.2 Å². The number of para-hydroxylation sites is 4. The van der Waals surface area contributed by atoms with Gasteiger partial charge in [-0.25, -0.2) is 17.7 Å². The van der Waals surface area contributed by atoms with Crippen LogP contribution in [0.1, 0.15) is 6.92 Å². The zero-order valence-corrected chi connectivity index (χ0v) is 18.4. The Kier molecular flexibility index (Phi) is 6.74. The lowest BCUT2D eigenvalue weighted by Gasteiger charge is -2.25. The van der Waals surface area contributed by atoms with Gasteiger partial charge in [-0.15, -0.1) is 0 Å². The lowest BCUT2D eigenvalue weighted by atomic mass is 10.3. The highest BCUT2D eigenvalue weighted by Crippen LogP contribution is 2.35. The number of ether oxygens (including phenoxy) is 2. The van der Waals surface area contributed by atoms with E-state index in [4.69, 9.17) is 9.47 Å². The maximum absolute atomic E-state index is 13.7. The minimum Gasteiger partial charge on any atom is -0.495 e. The molecule has 0 spiro atoms. The Morgan fingerprint density at radius 2 is 1.47 bits per heavy atom. The Morgan fingerprint density at radius 1 is 0.906 bits per heavy atom. The summed E-state index contributed by atoms with van der Waals surface area (Å²) in [4.78, 5) is 14.7. The van der Waals surface area contributed by atoms with Crippen molar-refractivity contribution in [2.75, 3.05) is 18.5 Å². The molecule has 3 aromatic rings. The molecule has 0 atom stereocenters. The van der Waals surface area contributed by atoms with Crippen molar-refractivity contribution in [1.29, 1.82) is 0 Å². The summed E-state index contributed by atoms with van der Waals surface area (Å²) in [6.45, 7) is 1.54. The largest absolute Gasteiger partial charge is 0.495 e. The number of hydrogen-bond donors (Lipinski definition) is 0. The molecular weight excluding hydrogens is 434 g/mol. The van der Waals surface area contributed by atoms with Crippen LogP contribution >= 0.6 is 0 Å². The fraction of sp³-hybridized carbons (Fsp3) is 0.136. The first kappa shape index (κ1) is 22.8. The van der Waals surface area contributed by atoms with Gasteiger partial charge in [0.25, 0.3) is 15.7 Å². The number of non-ortho nitro benzene ring substituents is 1. The highest BCUT2D eigenvalue weighted by atomic mass is 32.2. The fourth-order valence-electron chi connectivity index (χ4n) is 3.06. The molecule has 0 aliphatic carbocycles. The summed E-state index contributed by atoms with van der Waals surface area (Å²) in [5, 5.41) is 11.0. The van der Waals surface area contributed by atoms with Crippen LogP contribution in [0.5, 0.6) is 11.5 Å². The van der Waals surface area contributed by atoms with Crippen LogP contribution in [-0.4, -0.2) is 33.4 Å². The maximum Gasteiger partial charge on any atom is 0.269 e. The highest BCUT2D eigenvalue weighted by molar-refractivity contribution is 7.93. The molecule has 0 saturated carbocycles. The normalized spacial score (nSPS) is 11.7. The summed E-state index contributed by atoms with van der Waals surface area (Å²) in [5.41, 5.74) is 0.461. The minimum atomic E-state index is -4.21. The summed E-state index contributed by atoms with van der Waals surface area (Å²) < 4.78 is 39.1. The van der Waals surface area contributed by atoms with Gasteiger partial charge in [-0.3, -0.25) is 10.1 Å². The molecule has 9 nitrogen and oxygen atoms in total. The minimum absolute atomic E-state index is 0.123. The van der Waals surface area contributed by atoms with E-state index >= 15 is 0 Å². The average molecular weight is 455 g/mol. The summed E-state index contributed by atoms with van der Waals surface area (Å²) in [6.07, 6.45) is 0. The number of rotatable bonds is 7. The van der Waals surface area contributed by atoms with Crippen molar-refractivity contribution in [3.8, 4) is 11.5 Å². The van der Waals surface area contributed by atoms with Crippen LogP contribution in [0, 0.1) is 10.1 Å². The van der Waals surface area contributed by atoms with Gasteiger partial charge < -0.3 is 9.47 Å². The first-order valence-corrected chi connectivity index (χ1v) is 10.8. The Morgan fingerprint density at radius 3 is 2.06 bits per heavy atom. The Labute approximate surface area is 185 Å². The molecule has 0 saturated heterocycles. The maximum atomic E-state index is 13.7. The Balaban J connectivity index is 2.21. The summed E-state index contributed by atoms with van der Waals surface area (Å²) >= 11 is 0. The van der Waals surface area contributed by atoms with Crippen molar-refractivity contribution in [3.63, 3.8) is 0 Å². The summed E-state index contributed by atoms with van der Waals surface area (Å²) in [6, 6.07) is 18.2. The van der Waals surface area contributed by atoms with E-state index in [9.17, 15) is 18.5 Å². The summed E-state index contributed by atoms with van der Waals surface area (Å²) in [5.74, 6) is 0.907. The molecule has 0 bridgehead atoms. The van der Waals surface area contributed by atoms with E-state index in [-0.39, 0.29) is 22.1 Å². The number of benzene rings is 3. The van der Waals surface area contributed by atoms with Crippen LogP contribution in [-0.2, 0) is 10.0 Å². The Bertz CT molecular complexity index is 1260. The second kappa shape index (κ2) is 9.48. The molecule has 0 unspecified atom stereocenters. The zero-order valence-electron chi connectivity index (χ0n) is 17.6. The van der Waals surface area contributed by atoms with Gasteiger partial charge in [0.15, 0.2) is 0 Å². The van der Waals surface area contributed by atoms with Crippen LogP contribution in [0.25, 0.3) is 0 Å². The number of sulfonamides is 1. The first-order chi connectivity index (χ1) is 15.3. The van der Waals surface area contributed by atoms with Crippen molar-refractivity contribution < 1.29 is 22.8 Å². The average Bonchev–Trinajstić information content (AvgIpc) is 2.79. The standard InChI is InChI=1S/C22H21N3O6S/c1-16(23-19-8-4-6-10-21(19)30-2)24(20-9-5-7-11-22(20)31-3)32(28,29)18-14-12-17(13-15-18)25(26)27/h4-15H,1-3H3. The van der Waals surface area contributed by atoms with Crippen molar-refractivity contribution in [3.05, 3.63) is 82.9 Å². The molecule has 0 amide bonds. The predicted molar refractivity (Wildman–Crippen MR) is 122 cm³/mol. The van der Waals surface area contributed by atoms with E-state index in [1.54, 1.807) is 55.5 Å². The van der Waals surface area contributed by atoms with Gasteiger partial charge in [0, 0.05) is 12.1 Å². The van der Waals surface area contributed by atoms with Crippen LogP contribution in [0.15, 0.2) is 82.7 Å². The highest BCUT2D eigenvalue weighted by Gasteiger charge is 2.30. The van der Waals surface area contributed by atoms with Crippen LogP contribution < -0.4 is 13.8 Å².